The van der Waals surface area contributed by atoms with Gasteiger partial charge >= 0.3 is 5.97 Å². The highest BCUT2D eigenvalue weighted by Crippen LogP contribution is 2.20. The number of ether oxygens (including phenoxy) is 1. The molecule has 1 saturated heterocycles. The predicted octanol–water partition coefficient (Wildman–Crippen LogP) is 2.38. The summed E-state index contributed by atoms with van der Waals surface area (Å²) in [6.07, 6.45) is 1.83. The molecule has 148 valence electrons. The van der Waals surface area contributed by atoms with E-state index in [1.165, 1.54) is 31.4 Å². The van der Waals surface area contributed by atoms with Gasteiger partial charge in [0.2, 0.25) is 5.91 Å². The molecule has 0 saturated carbocycles. The number of halogens is 1. The fourth-order valence-corrected chi connectivity index (χ4v) is 3.27. The molecule has 1 aromatic carbocycles. The van der Waals surface area contributed by atoms with Gasteiger partial charge in [0.1, 0.15) is 11.9 Å². The van der Waals surface area contributed by atoms with Crippen LogP contribution in [-0.4, -0.2) is 48.9 Å². The highest BCUT2D eigenvalue weighted by Gasteiger charge is 2.31. The third-order valence-electron chi connectivity index (χ3n) is 4.68. The quantitative estimate of drug-likeness (QED) is 0.771. The van der Waals surface area contributed by atoms with Crippen molar-refractivity contribution >= 4 is 17.8 Å². The number of amides is 2. The summed E-state index contributed by atoms with van der Waals surface area (Å²) < 4.78 is 17.8. The van der Waals surface area contributed by atoms with Crippen LogP contribution in [0.15, 0.2) is 24.3 Å². The minimum absolute atomic E-state index is 0.220. The topological polar surface area (TPSA) is 75.7 Å². The molecule has 1 aliphatic rings. The number of nitrogens with one attached hydrogen (secondary N) is 1. The minimum atomic E-state index is -0.689. The van der Waals surface area contributed by atoms with Crippen LogP contribution in [0.3, 0.4) is 0 Å². The second-order valence-corrected chi connectivity index (χ2v) is 7.31. The molecule has 0 spiro atoms. The van der Waals surface area contributed by atoms with Crippen LogP contribution in [0.1, 0.15) is 43.5 Å². The van der Waals surface area contributed by atoms with Crippen molar-refractivity contribution in [3.63, 3.8) is 0 Å². The smallest absolute Gasteiger partial charge is 0.328 e. The summed E-state index contributed by atoms with van der Waals surface area (Å²) >= 11 is 0. The van der Waals surface area contributed by atoms with Gasteiger partial charge in [0.05, 0.1) is 13.0 Å². The van der Waals surface area contributed by atoms with Crippen LogP contribution >= 0.6 is 0 Å². The van der Waals surface area contributed by atoms with E-state index in [0.717, 1.165) is 0 Å². The van der Waals surface area contributed by atoms with Crippen molar-refractivity contribution in [1.29, 1.82) is 0 Å². The van der Waals surface area contributed by atoms with Crippen LogP contribution in [0.4, 0.5) is 4.39 Å². The first-order chi connectivity index (χ1) is 12.8. The lowest BCUT2D eigenvalue weighted by molar-refractivity contribution is -0.146. The molecule has 7 heteroatoms. The van der Waals surface area contributed by atoms with E-state index in [-0.39, 0.29) is 30.2 Å². The average Bonchev–Trinajstić information content (AvgIpc) is 2.66. The largest absolute Gasteiger partial charge is 0.467 e. The molecule has 0 radical (unpaired) electrons. The zero-order valence-electron chi connectivity index (χ0n) is 16.0. The van der Waals surface area contributed by atoms with Gasteiger partial charge in [0.15, 0.2) is 0 Å². The molecule has 1 aliphatic heterocycles. The summed E-state index contributed by atoms with van der Waals surface area (Å²) in [5.74, 6) is -1.50. The van der Waals surface area contributed by atoms with Gasteiger partial charge in [-0.25, -0.2) is 9.18 Å². The molecule has 1 heterocycles. The predicted molar refractivity (Wildman–Crippen MR) is 98.4 cm³/mol. The number of carbonyl (C=O) groups excluding carboxylic acids is 3. The molecule has 1 fully saturated rings. The summed E-state index contributed by atoms with van der Waals surface area (Å²) in [5, 5.41) is 2.77. The Morgan fingerprint density at radius 3 is 2.52 bits per heavy atom. The van der Waals surface area contributed by atoms with Gasteiger partial charge < -0.3 is 15.0 Å². The molecular formula is C20H27FN2O4. The van der Waals surface area contributed by atoms with E-state index in [1.807, 2.05) is 13.8 Å². The lowest BCUT2D eigenvalue weighted by atomic mass is 9.95. The van der Waals surface area contributed by atoms with E-state index in [4.69, 9.17) is 4.74 Å². The number of hydrogen-bond donors (Lipinski definition) is 1. The number of hydrogen-bond acceptors (Lipinski definition) is 4. The monoisotopic (exact) mass is 378 g/mol. The summed E-state index contributed by atoms with van der Waals surface area (Å²) in [6.45, 7) is 4.75. The van der Waals surface area contributed by atoms with Crippen molar-refractivity contribution < 1.29 is 23.5 Å². The Hall–Kier alpha value is -2.44. The Labute approximate surface area is 159 Å². The van der Waals surface area contributed by atoms with Gasteiger partial charge in [-0.1, -0.05) is 13.8 Å². The molecule has 2 atom stereocenters. The third kappa shape index (κ3) is 5.77. The first kappa shape index (κ1) is 20.9. The van der Waals surface area contributed by atoms with E-state index in [2.05, 4.69) is 5.32 Å². The molecule has 2 rings (SSSR count). The molecular weight excluding hydrogens is 351 g/mol. The molecule has 27 heavy (non-hydrogen) atoms. The fraction of sp³-hybridized carbons (Fsp3) is 0.550. The normalized spacial score (nSPS) is 18.1. The second kappa shape index (κ2) is 9.48. The highest BCUT2D eigenvalue weighted by atomic mass is 19.1. The van der Waals surface area contributed by atoms with E-state index in [9.17, 15) is 18.8 Å². The van der Waals surface area contributed by atoms with Crippen molar-refractivity contribution in [2.24, 2.45) is 11.8 Å². The summed E-state index contributed by atoms with van der Waals surface area (Å²) in [4.78, 5) is 38.8. The summed E-state index contributed by atoms with van der Waals surface area (Å²) in [5.41, 5.74) is 0.393. The molecule has 2 amide bonds. The maximum Gasteiger partial charge on any atom is 0.328 e. The number of methoxy groups -OCH3 is 1. The van der Waals surface area contributed by atoms with Crippen molar-refractivity contribution in [2.75, 3.05) is 20.2 Å². The van der Waals surface area contributed by atoms with E-state index < -0.39 is 17.8 Å². The van der Waals surface area contributed by atoms with E-state index in [0.29, 0.717) is 31.4 Å². The molecule has 1 N–H and O–H groups in total. The Bertz CT molecular complexity index is 675. The van der Waals surface area contributed by atoms with Crippen LogP contribution in [0.2, 0.25) is 0 Å². The van der Waals surface area contributed by atoms with Crippen LogP contribution in [0.25, 0.3) is 0 Å². The van der Waals surface area contributed by atoms with Crippen molar-refractivity contribution in [3.8, 4) is 0 Å². The third-order valence-corrected chi connectivity index (χ3v) is 4.68. The Balaban J connectivity index is 2.01. The van der Waals surface area contributed by atoms with Crippen LogP contribution in [-0.2, 0) is 14.3 Å². The van der Waals surface area contributed by atoms with Gasteiger partial charge in [-0.05, 0) is 49.4 Å². The van der Waals surface area contributed by atoms with Gasteiger partial charge in [-0.3, -0.25) is 9.59 Å². The number of benzene rings is 1. The van der Waals surface area contributed by atoms with Crippen molar-refractivity contribution in [3.05, 3.63) is 35.6 Å². The van der Waals surface area contributed by atoms with Gasteiger partial charge in [0.25, 0.3) is 5.91 Å². The van der Waals surface area contributed by atoms with E-state index >= 15 is 0 Å². The lowest BCUT2D eigenvalue weighted by Gasteiger charge is -2.33. The van der Waals surface area contributed by atoms with Crippen LogP contribution in [0.5, 0.6) is 0 Å². The van der Waals surface area contributed by atoms with Crippen molar-refractivity contribution in [1.82, 2.24) is 10.2 Å². The second-order valence-electron chi connectivity index (χ2n) is 7.31. The molecule has 0 aliphatic carbocycles. The number of carbonyl (C=O) groups is 3. The van der Waals surface area contributed by atoms with Crippen molar-refractivity contribution in [2.45, 2.75) is 39.2 Å². The molecule has 0 bridgehead atoms. The van der Waals surface area contributed by atoms with Crippen LogP contribution < -0.4 is 5.32 Å². The van der Waals surface area contributed by atoms with Crippen LogP contribution in [0, 0.1) is 17.7 Å². The average molecular weight is 378 g/mol. The SMILES string of the molecule is COC(=O)C(CC(C)C)NC(=O)C1CCCN(C(=O)c2ccc(F)cc2)C1. The Morgan fingerprint density at radius 1 is 1.26 bits per heavy atom. The number of nitrogens with zero attached hydrogens (tertiary/aromatic N) is 1. The number of piperidine rings is 1. The molecule has 2 unspecified atom stereocenters. The standard InChI is InChI=1S/C20H27FN2O4/c1-13(2)11-17(20(26)27-3)22-18(24)15-5-4-10-23(12-15)19(25)14-6-8-16(21)9-7-14/h6-9,13,15,17H,4-5,10-12H2,1-3H3,(H,22,24). The Morgan fingerprint density at radius 2 is 1.93 bits per heavy atom. The minimum Gasteiger partial charge on any atom is -0.467 e. The molecule has 0 aromatic heterocycles. The Kier molecular flexibility index (Phi) is 7.33. The maximum absolute atomic E-state index is 13.1. The molecule has 6 nitrogen and oxygen atoms in total. The zero-order chi connectivity index (χ0) is 20.0. The number of likely N-dealkylation sites (tertiary alicyclic amines) is 1. The highest BCUT2D eigenvalue weighted by molar-refractivity contribution is 5.95. The first-order valence-electron chi connectivity index (χ1n) is 9.24. The lowest BCUT2D eigenvalue weighted by Crippen LogP contribution is -2.50. The first-order valence-corrected chi connectivity index (χ1v) is 9.24. The van der Waals surface area contributed by atoms with Gasteiger partial charge in [-0.15, -0.1) is 0 Å². The number of rotatable bonds is 6. The number of esters is 1. The van der Waals surface area contributed by atoms with E-state index in [1.54, 1.807) is 4.90 Å². The van der Waals surface area contributed by atoms with Gasteiger partial charge in [0, 0.05) is 18.7 Å². The summed E-state index contributed by atoms with van der Waals surface area (Å²) in [6, 6.07) is 4.68. The fourth-order valence-electron chi connectivity index (χ4n) is 3.27. The molecule has 1 aromatic rings. The maximum atomic E-state index is 13.1. The summed E-state index contributed by atoms with van der Waals surface area (Å²) in [7, 11) is 1.30. The van der Waals surface area contributed by atoms with Gasteiger partial charge in [-0.2, -0.15) is 0 Å². The zero-order valence-corrected chi connectivity index (χ0v) is 16.0.